The van der Waals surface area contributed by atoms with Crippen molar-refractivity contribution in [3.05, 3.63) is 75.2 Å². The summed E-state index contributed by atoms with van der Waals surface area (Å²) in [6.45, 7) is 0. The van der Waals surface area contributed by atoms with Gasteiger partial charge in [0.15, 0.2) is 5.58 Å². The lowest BCUT2D eigenvalue weighted by Crippen LogP contribution is -2.07. The maximum atomic E-state index is 12.5. The third kappa shape index (κ3) is 4.87. The molecule has 0 saturated carbocycles. The van der Waals surface area contributed by atoms with Crippen LogP contribution in [0, 0.1) is 0 Å². The second-order valence-corrected chi connectivity index (χ2v) is 8.54. The molecule has 0 saturated heterocycles. The number of carbonyl (C=O) groups excluding carboxylic acids is 1. The van der Waals surface area contributed by atoms with Crippen molar-refractivity contribution in [1.82, 2.24) is 4.98 Å². The number of benzene rings is 3. The second kappa shape index (κ2) is 9.58. The number of nitrogens with one attached hydrogen (secondary N) is 1. The van der Waals surface area contributed by atoms with Crippen molar-refractivity contribution in [2.75, 3.05) is 19.5 Å². The van der Waals surface area contributed by atoms with E-state index in [2.05, 4.69) is 42.2 Å². The minimum Gasteiger partial charge on any atom is -0.497 e. The van der Waals surface area contributed by atoms with Gasteiger partial charge in [-0.05, 0) is 64.5 Å². The Morgan fingerprint density at radius 2 is 1.91 bits per heavy atom. The monoisotopic (exact) mass is 556 g/mol. The van der Waals surface area contributed by atoms with Gasteiger partial charge in [-0.15, -0.1) is 0 Å². The Bertz CT molecular complexity index is 1330. The fraction of sp³-hybridized carbons (Fsp3) is 0.0833. The smallest absolute Gasteiger partial charge is 0.248 e. The molecule has 6 nitrogen and oxygen atoms in total. The topological polar surface area (TPSA) is 73.6 Å². The number of oxazole rings is 1. The van der Waals surface area contributed by atoms with Crippen molar-refractivity contribution in [2.45, 2.75) is 0 Å². The van der Waals surface area contributed by atoms with Crippen LogP contribution in [-0.2, 0) is 4.79 Å². The van der Waals surface area contributed by atoms with Gasteiger partial charge in [0.05, 0.1) is 18.7 Å². The molecule has 0 radical (unpaired) electrons. The molecule has 32 heavy (non-hydrogen) atoms. The van der Waals surface area contributed by atoms with E-state index in [0.717, 1.165) is 20.1 Å². The highest BCUT2D eigenvalue weighted by Gasteiger charge is 2.11. The van der Waals surface area contributed by atoms with Crippen LogP contribution in [0.3, 0.4) is 0 Å². The normalized spacial score (nSPS) is 11.1. The van der Waals surface area contributed by atoms with Crippen LogP contribution in [-0.4, -0.2) is 25.1 Å². The predicted octanol–water partition coefficient (Wildman–Crippen LogP) is 6.69. The summed E-state index contributed by atoms with van der Waals surface area (Å²) in [4.78, 5) is 17.0. The summed E-state index contributed by atoms with van der Waals surface area (Å²) >= 11 is 6.90. The van der Waals surface area contributed by atoms with E-state index in [-0.39, 0.29) is 5.91 Å². The lowest BCUT2D eigenvalue weighted by Gasteiger charge is -2.08. The average Bonchev–Trinajstić information content (AvgIpc) is 3.21. The van der Waals surface area contributed by atoms with Crippen molar-refractivity contribution in [3.8, 4) is 23.0 Å². The van der Waals surface area contributed by atoms with Gasteiger partial charge in [0.1, 0.15) is 17.0 Å². The van der Waals surface area contributed by atoms with Crippen LogP contribution in [0.2, 0.25) is 0 Å². The number of hydrogen-bond acceptors (Lipinski definition) is 5. The van der Waals surface area contributed by atoms with E-state index in [9.17, 15) is 4.79 Å². The van der Waals surface area contributed by atoms with Gasteiger partial charge in [-0.2, -0.15) is 0 Å². The molecule has 0 aliphatic rings. The SMILES string of the molecule is COc1ccc2oc(-c3cccc(NC(=O)C=Cc4cc(Br)cc(Br)c4OC)c3)nc2c1. The second-order valence-electron chi connectivity index (χ2n) is 6.77. The molecule has 4 rings (SSSR count). The summed E-state index contributed by atoms with van der Waals surface area (Å²) in [6.07, 6.45) is 3.15. The van der Waals surface area contributed by atoms with Gasteiger partial charge in [0.2, 0.25) is 11.8 Å². The van der Waals surface area contributed by atoms with Gasteiger partial charge in [-0.25, -0.2) is 4.98 Å². The van der Waals surface area contributed by atoms with Crippen molar-refractivity contribution < 1.29 is 18.7 Å². The van der Waals surface area contributed by atoms with Crippen molar-refractivity contribution in [1.29, 1.82) is 0 Å². The molecule has 0 spiro atoms. The van der Waals surface area contributed by atoms with Crippen molar-refractivity contribution in [2.24, 2.45) is 0 Å². The minimum absolute atomic E-state index is 0.275. The van der Waals surface area contributed by atoms with E-state index in [1.807, 2.05) is 48.5 Å². The highest BCUT2D eigenvalue weighted by molar-refractivity contribution is 9.11. The fourth-order valence-electron chi connectivity index (χ4n) is 3.16. The molecular formula is C24H18Br2N2O4. The summed E-state index contributed by atoms with van der Waals surface area (Å²) in [5.74, 6) is 1.54. The molecular weight excluding hydrogens is 540 g/mol. The number of hydrogen-bond donors (Lipinski definition) is 1. The predicted molar refractivity (Wildman–Crippen MR) is 132 cm³/mol. The number of nitrogens with zero attached hydrogens (tertiary/aromatic N) is 1. The average molecular weight is 558 g/mol. The number of rotatable bonds is 6. The van der Waals surface area contributed by atoms with E-state index >= 15 is 0 Å². The van der Waals surface area contributed by atoms with E-state index in [1.54, 1.807) is 26.4 Å². The first-order chi connectivity index (χ1) is 15.5. The minimum atomic E-state index is -0.275. The van der Waals surface area contributed by atoms with Crippen LogP contribution in [0.5, 0.6) is 11.5 Å². The lowest BCUT2D eigenvalue weighted by atomic mass is 10.1. The zero-order valence-electron chi connectivity index (χ0n) is 17.2. The number of ether oxygens (including phenoxy) is 2. The van der Waals surface area contributed by atoms with Crippen LogP contribution >= 0.6 is 31.9 Å². The number of fused-ring (bicyclic) bond motifs is 1. The molecule has 1 N–H and O–H groups in total. The van der Waals surface area contributed by atoms with Crippen molar-refractivity contribution >= 4 is 60.6 Å². The van der Waals surface area contributed by atoms with E-state index in [4.69, 9.17) is 13.9 Å². The van der Waals surface area contributed by atoms with Crippen molar-refractivity contribution in [3.63, 3.8) is 0 Å². The van der Waals surface area contributed by atoms with E-state index < -0.39 is 0 Å². The molecule has 1 aromatic heterocycles. The molecule has 4 aromatic rings. The van der Waals surface area contributed by atoms with Crippen LogP contribution in [0.1, 0.15) is 5.56 Å². The fourth-order valence-corrected chi connectivity index (χ4v) is 4.58. The van der Waals surface area contributed by atoms with Gasteiger partial charge in [-0.3, -0.25) is 4.79 Å². The van der Waals surface area contributed by atoms with Crippen LogP contribution in [0.4, 0.5) is 5.69 Å². The lowest BCUT2D eigenvalue weighted by molar-refractivity contribution is -0.111. The molecule has 1 heterocycles. The third-order valence-electron chi connectivity index (χ3n) is 4.63. The first-order valence-corrected chi connectivity index (χ1v) is 11.1. The number of halogens is 2. The number of methoxy groups -OCH3 is 2. The van der Waals surface area contributed by atoms with Crippen LogP contribution in [0.25, 0.3) is 28.6 Å². The molecule has 3 aromatic carbocycles. The Kier molecular flexibility index (Phi) is 6.62. The molecule has 0 aliphatic heterocycles. The highest BCUT2D eigenvalue weighted by atomic mass is 79.9. The summed E-state index contributed by atoms with van der Waals surface area (Å²) in [5, 5.41) is 2.86. The summed E-state index contributed by atoms with van der Waals surface area (Å²) in [7, 11) is 3.19. The van der Waals surface area contributed by atoms with E-state index in [0.29, 0.717) is 34.2 Å². The Hall–Kier alpha value is -3.10. The van der Waals surface area contributed by atoms with E-state index in [1.165, 1.54) is 6.08 Å². The zero-order valence-corrected chi connectivity index (χ0v) is 20.4. The third-order valence-corrected chi connectivity index (χ3v) is 5.67. The van der Waals surface area contributed by atoms with Gasteiger partial charge in [0.25, 0.3) is 0 Å². The quantitative estimate of drug-likeness (QED) is 0.267. The maximum Gasteiger partial charge on any atom is 0.248 e. The standard InChI is InChI=1S/C24H18Br2N2O4/c1-30-18-7-8-21-20(13-18)28-24(32-21)15-4-3-5-17(11-15)27-22(29)9-6-14-10-16(25)12-19(26)23(14)31-2/h3-13H,1-2H3,(H,27,29). The number of carbonyl (C=O) groups is 1. The first-order valence-electron chi connectivity index (χ1n) is 9.54. The Balaban J connectivity index is 1.53. The molecule has 0 unspecified atom stereocenters. The number of aromatic nitrogens is 1. The molecule has 162 valence electrons. The Morgan fingerprint density at radius 1 is 1.06 bits per heavy atom. The molecule has 1 amide bonds. The maximum absolute atomic E-state index is 12.5. The molecule has 0 bridgehead atoms. The largest absolute Gasteiger partial charge is 0.497 e. The number of amides is 1. The summed E-state index contributed by atoms with van der Waals surface area (Å²) < 4.78 is 18.2. The van der Waals surface area contributed by atoms with Gasteiger partial charge in [0, 0.05) is 33.4 Å². The molecule has 0 atom stereocenters. The van der Waals surface area contributed by atoms with Crippen LogP contribution < -0.4 is 14.8 Å². The van der Waals surface area contributed by atoms with Gasteiger partial charge in [-0.1, -0.05) is 22.0 Å². The zero-order chi connectivity index (χ0) is 22.7. The first kappa shape index (κ1) is 22.1. The molecule has 0 aliphatic carbocycles. The Morgan fingerprint density at radius 3 is 2.69 bits per heavy atom. The number of anilines is 1. The van der Waals surface area contributed by atoms with Gasteiger partial charge < -0.3 is 19.2 Å². The highest BCUT2D eigenvalue weighted by Crippen LogP contribution is 2.33. The Labute approximate surface area is 201 Å². The molecule has 8 heteroatoms. The van der Waals surface area contributed by atoms with Crippen LogP contribution in [0.15, 0.2) is 74.0 Å². The summed E-state index contributed by atoms with van der Waals surface area (Å²) in [6, 6.07) is 16.5. The summed E-state index contributed by atoms with van der Waals surface area (Å²) in [5.41, 5.74) is 3.50. The molecule has 0 fully saturated rings. The van der Waals surface area contributed by atoms with Gasteiger partial charge >= 0.3 is 0 Å².